The van der Waals surface area contributed by atoms with Gasteiger partial charge in [-0.3, -0.25) is 0 Å². The smallest absolute Gasteiger partial charge is 0.0260 e. The summed E-state index contributed by atoms with van der Waals surface area (Å²) < 4.78 is 0. The molecule has 0 radical (unpaired) electrons. The fourth-order valence-corrected chi connectivity index (χ4v) is 2.90. The number of hydrogen-bond donors (Lipinski definition) is 1. The minimum absolute atomic E-state index is 0.681. The molecular formula is C10H18N4. The second kappa shape index (κ2) is 4.67. The molecule has 2 atom stereocenters. The third-order valence-electron chi connectivity index (χ3n) is 3.51. The highest BCUT2D eigenvalue weighted by Gasteiger charge is 2.30. The Morgan fingerprint density at radius 1 is 1.29 bits per heavy atom. The number of piperidine rings is 2. The van der Waals surface area contributed by atoms with Crippen LogP contribution in [0.4, 0.5) is 0 Å². The summed E-state index contributed by atoms with van der Waals surface area (Å²) in [5.74, 6) is 0.789. The van der Waals surface area contributed by atoms with Crippen LogP contribution in [0.15, 0.2) is 5.11 Å². The number of nitrogens with zero attached hydrogens (tertiary/aromatic N) is 3. The Kier molecular flexibility index (Phi) is 3.27. The monoisotopic (exact) mass is 194 g/mol. The van der Waals surface area contributed by atoms with Crippen LogP contribution in [-0.2, 0) is 0 Å². The summed E-state index contributed by atoms with van der Waals surface area (Å²) in [6, 6.07) is 1.50. The fourth-order valence-electron chi connectivity index (χ4n) is 2.90. The van der Waals surface area contributed by atoms with Gasteiger partial charge in [-0.15, -0.1) is 0 Å². The third-order valence-corrected chi connectivity index (χ3v) is 3.51. The van der Waals surface area contributed by atoms with E-state index in [0.29, 0.717) is 6.54 Å². The number of fused-ring (bicyclic) bond motifs is 2. The molecule has 0 amide bonds. The van der Waals surface area contributed by atoms with Gasteiger partial charge >= 0.3 is 0 Å². The van der Waals surface area contributed by atoms with Crippen molar-refractivity contribution >= 4 is 0 Å². The first-order valence-corrected chi connectivity index (χ1v) is 5.65. The topological polar surface area (TPSA) is 60.8 Å². The van der Waals surface area contributed by atoms with Gasteiger partial charge in [0.2, 0.25) is 0 Å². The maximum Gasteiger partial charge on any atom is 0.0260 e. The Balaban J connectivity index is 1.80. The van der Waals surface area contributed by atoms with Gasteiger partial charge < -0.3 is 5.32 Å². The average Bonchev–Trinajstić information content (AvgIpc) is 2.18. The Bertz CT molecular complexity index is 222. The zero-order valence-electron chi connectivity index (χ0n) is 8.52. The molecule has 0 saturated carbocycles. The zero-order chi connectivity index (χ0) is 9.80. The van der Waals surface area contributed by atoms with E-state index in [9.17, 15) is 0 Å². The van der Waals surface area contributed by atoms with Crippen LogP contribution >= 0.6 is 0 Å². The van der Waals surface area contributed by atoms with Gasteiger partial charge in [-0.05, 0) is 43.6 Å². The molecule has 4 nitrogen and oxygen atoms in total. The van der Waals surface area contributed by atoms with Gasteiger partial charge in [0, 0.05) is 23.5 Å². The number of hydrogen-bond acceptors (Lipinski definition) is 2. The average molecular weight is 194 g/mol. The van der Waals surface area contributed by atoms with Gasteiger partial charge in [0.05, 0.1) is 0 Å². The molecular weight excluding hydrogens is 176 g/mol. The predicted molar refractivity (Wildman–Crippen MR) is 55.9 cm³/mol. The van der Waals surface area contributed by atoms with E-state index >= 15 is 0 Å². The second-order valence-electron chi connectivity index (χ2n) is 4.57. The standard InChI is InChI=1S/C10H18N4/c11-14-12-5-4-8-6-9-2-1-3-10(7-8)13-9/h8-10,13H,1-7H2. The van der Waals surface area contributed by atoms with E-state index in [1.165, 1.54) is 32.1 Å². The highest BCUT2D eigenvalue weighted by molar-refractivity contribution is 4.89. The normalized spacial score (nSPS) is 36.1. The molecule has 2 aliphatic rings. The van der Waals surface area contributed by atoms with Crippen LogP contribution in [0.1, 0.15) is 38.5 Å². The lowest BCUT2D eigenvalue weighted by atomic mass is 9.79. The first-order chi connectivity index (χ1) is 6.88. The van der Waals surface area contributed by atoms with Gasteiger partial charge in [-0.1, -0.05) is 11.5 Å². The van der Waals surface area contributed by atoms with Crippen LogP contribution in [0.3, 0.4) is 0 Å². The van der Waals surface area contributed by atoms with Crippen molar-refractivity contribution in [3.05, 3.63) is 10.4 Å². The Morgan fingerprint density at radius 2 is 2.00 bits per heavy atom. The molecule has 14 heavy (non-hydrogen) atoms. The van der Waals surface area contributed by atoms with E-state index < -0.39 is 0 Å². The molecule has 4 heteroatoms. The van der Waals surface area contributed by atoms with E-state index in [0.717, 1.165) is 24.4 Å². The highest BCUT2D eigenvalue weighted by Crippen LogP contribution is 2.31. The zero-order valence-corrected chi connectivity index (χ0v) is 8.52. The van der Waals surface area contributed by atoms with E-state index in [1.54, 1.807) is 0 Å². The molecule has 2 bridgehead atoms. The molecule has 0 spiro atoms. The molecule has 2 heterocycles. The molecule has 78 valence electrons. The first-order valence-electron chi connectivity index (χ1n) is 5.65. The lowest BCUT2D eigenvalue weighted by molar-refractivity contribution is 0.181. The van der Waals surface area contributed by atoms with E-state index in [2.05, 4.69) is 15.3 Å². The fraction of sp³-hybridized carbons (Fsp3) is 1.00. The van der Waals surface area contributed by atoms with Crippen LogP contribution in [0, 0.1) is 5.92 Å². The van der Waals surface area contributed by atoms with Crippen molar-refractivity contribution in [2.45, 2.75) is 50.6 Å². The van der Waals surface area contributed by atoms with Crippen LogP contribution in [-0.4, -0.2) is 18.6 Å². The SMILES string of the molecule is [N-]=[N+]=NCCC1CC2CCCC(C1)N2. The Hall–Kier alpha value is -0.730. The number of azide groups is 1. The van der Waals surface area contributed by atoms with Gasteiger partial charge in [-0.2, -0.15) is 0 Å². The number of nitrogens with one attached hydrogen (secondary N) is 1. The summed E-state index contributed by atoms with van der Waals surface area (Å²) in [5, 5.41) is 7.29. The summed E-state index contributed by atoms with van der Waals surface area (Å²) in [5.41, 5.74) is 8.20. The van der Waals surface area contributed by atoms with Crippen LogP contribution in [0.5, 0.6) is 0 Å². The molecule has 0 aromatic carbocycles. The third kappa shape index (κ3) is 2.40. The second-order valence-corrected chi connectivity index (χ2v) is 4.57. The highest BCUT2D eigenvalue weighted by atomic mass is 15.1. The molecule has 0 aromatic rings. The molecule has 2 aliphatic heterocycles. The predicted octanol–water partition coefficient (Wildman–Crippen LogP) is 2.61. The van der Waals surface area contributed by atoms with E-state index in [4.69, 9.17) is 5.53 Å². The van der Waals surface area contributed by atoms with Crippen molar-refractivity contribution in [3.63, 3.8) is 0 Å². The minimum Gasteiger partial charge on any atom is -0.311 e. The minimum atomic E-state index is 0.681. The van der Waals surface area contributed by atoms with Crippen LogP contribution < -0.4 is 5.32 Å². The van der Waals surface area contributed by atoms with Crippen molar-refractivity contribution in [2.75, 3.05) is 6.54 Å². The largest absolute Gasteiger partial charge is 0.311 e. The summed E-state index contributed by atoms with van der Waals surface area (Å²) in [6.45, 7) is 0.681. The molecule has 2 rings (SSSR count). The van der Waals surface area contributed by atoms with Crippen molar-refractivity contribution in [3.8, 4) is 0 Å². The van der Waals surface area contributed by atoms with Gasteiger partial charge in [-0.25, -0.2) is 0 Å². The number of rotatable bonds is 3. The lowest BCUT2D eigenvalue weighted by Gasteiger charge is -2.40. The Labute approximate surface area is 84.7 Å². The molecule has 0 aromatic heterocycles. The van der Waals surface area contributed by atoms with Crippen molar-refractivity contribution < 1.29 is 0 Å². The summed E-state index contributed by atoms with van der Waals surface area (Å²) in [4.78, 5) is 2.80. The van der Waals surface area contributed by atoms with E-state index in [1.807, 2.05) is 0 Å². The van der Waals surface area contributed by atoms with Crippen LogP contribution in [0.2, 0.25) is 0 Å². The first kappa shape index (κ1) is 9.81. The van der Waals surface area contributed by atoms with Crippen molar-refractivity contribution in [1.29, 1.82) is 0 Å². The van der Waals surface area contributed by atoms with E-state index in [-0.39, 0.29) is 0 Å². The Morgan fingerprint density at radius 3 is 2.64 bits per heavy atom. The van der Waals surface area contributed by atoms with Crippen molar-refractivity contribution in [2.24, 2.45) is 11.0 Å². The van der Waals surface area contributed by atoms with Crippen LogP contribution in [0.25, 0.3) is 10.4 Å². The summed E-state index contributed by atoms with van der Waals surface area (Å²) in [6.07, 6.45) is 7.74. The quantitative estimate of drug-likeness (QED) is 0.419. The summed E-state index contributed by atoms with van der Waals surface area (Å²) >= 11 is 0. The van der Waals surface area contributed by atoms with Gasteiger partial charge in [0.15, 0.2) is 0 Å². The van der Waals surface area contributed by atoms with Gasteiger partial charge in [0.25, 0.3) is 0 Å². The summed E-state index contributed by atoms with van der Waals surface area (Å²) in [7, 11) is 0. The molecule has 1 N–H and O–H groups in total. The molecule has 2 saturated heterocycles. The molecule has 0 aliphatic carbocycles. The maximum atomic E-state index is 8.20. The van der Waals surface area contributed by atoms with Crippen molar-refractivity contribution in [1.82, 2.24) is 5.32 Å². The molecule has 2 unspecified atom stereocenters. The van der Waals surface area contributed by atoms with Gasteiger partial charge in [0.1, 0.15) is 0 Å². The lowest BCUT2D eigenvalue weighted by Crippen LogP contribution is -2.48. The maximum absolute atomic E-state index is 8.20. The molecule has 2 fully saturated rings.